The molecule has 0 fully saturated rings. The van der Waals surface area contributed by atoms with Crippen LogP contribution in [0.2, 0.25) is 0 Å². The molecule has 0 aliphatic rings. The van der Waals surface area contributed by atoms with Crippen molar-refractivity contribution < 1.29 is 17.9 Å². The molecule has 112 valence electrons. The van der Waals surface area contributed by atoms with Crippen molar-refractivity contribution in [2.45, 2.75) is 10.9 Å². The minimum atomic E-state index is -4.05. The summed E-state index contributed by atoms with van der Waals surface area (Å²) in [5.41, 5.74) is 6.12. The molecule has 2 aromatic carbocycles. The zero-order valence-electron chi connectivity index (χ0n) is 11.0. The van der Waals surface area contributed by atoms with E-state index in [2.05, 4.69) is 4.72 Å². The van der Waals surface area contributed by atoms with E-state index in [4.69, 9.17) is 5.73 Å². The van der Waals surface area contributed by atoms with Crippen LogP contribution in [0.15, 0.2) is 53.4 Å². The second-order valence-corrected chi connectivity index (χ2v) is 6.13. The lowest BCUT2D eigenvalue weighted by molar-refractivity contribution is 0.259. The molecule has 0 bridgehead atoms. The molecule has 5 nitrogen and oxygen atoms in total. The zero-order chi connectivity index (χ0) is 15.5. The lowest BCUT2D eigenvalue weighted by Crippen LogP contribution is -2.31. The highest BCUT2D eigenvalue weighted by Gasteiger charge is 2.23. The largest absolute Gasteiger partial charge is 0.398 e. The molecule has 0 saturated carbocycles. The summed E-state index contributed by atoms with van der Waals surface area (Å²) < 4.78 is 40.1. The normalized spacial score (nSPS) is 13.0. The Kier molecular flexibility index (Phi) is 4.56. The molecule has 0 aromatic heterocycles. The third kappa shape index (κ3) is 3.57. The maximum Gasteiger partial charge on any atom is 0.243 e. The first kappa shape index (κ1) is 15.4. The highest BCUT2D eigenvalue weighted by Crippen LogP contribution is 2.22. The van der Waals surface area contributed by atoms with Crippen LogP contribution >= 0.6 is 0 Å². The summed E-state index contributed by atoms with van der Waals surface area (Å²) in [4.78, 5) is -0.350. The Morgan fingerprint density at radius 3 is 2.48 bits per heavy atom. The van der Waals surface area contributed by atoms with E-state index in [1.807, 2.05) is 0 Å². The fourth-order valence-corrected chi connectivity index (χ4v) is 3.25. The minimum absolute atomic E-state index is 0.0614. The second kappa shape index (κ2) is 6.21. The summed E-state index contributed by atoms with van der Waals surface area (Å²) in [6.07, 6.45) is 0. The molecule has 7 heteroatoms. The van der Waals surface area contributed by atoms with E-state index in [0.29, 0.717) is 5.56 Å². The third-order valence-electron chi connectivity index (χ3n) is 2.95. The van der Waals surface area contributed by atoms with E-state index >= 15 is 0 Å². The van der Waals surface area contributed by atoms with Gasteiger partial charge in [0, 0.05) is 0 Å². The van der Waals surface area contributed by atoms with Gasteiger partial charge >= 0.3 is 0 Å². The average Bonchev–Trinajstić information content (AvgIpc) is 2.48. The Hall–Kier alpha value is -1.96. The standard InChI is InChI=1S/C14H15FN2O3S/c15-11-6-7-12(16)14(8-11)21(19,20)17-13(9-18)10-4-2-1-3-5-10/h1-8,13,17-18H,9,16H2/t13-/m0/s1. The Labute approximate surface area is 122 Å². The smallest absolute Gasteiger partial charge is 0.243 e. The van der Waals surface area contributed by atoms with Gasteiger partial charge in [-0.2, -0.15) is 0 Å². The number of nitrogen functional groups attached to an aromatic ring is 1. The van der Waals surface area contributed by atoms with E-state index < -0.39 is 28.5 Å². The van der Waals surface area contributed by atoms with Gasteiger partial charge in [0.1, 0.15) is 10.7 Å². The van der Waals surface area contributed by atoms with Gasteiger partial charge in [-0.15, -0.1) is 0 Å². The van der Waals surface area contributed by atoms with Gasteiger partial charge in [-0.1, -0.05) is 30.3 Å². The molecule has 0 aliphatic carbocycles. The maximum atomic E-state index is 13.2. The molecule has 0 spiro atoms. The van der Waals surface area contributed by atoms with Gasteiger partial charge < -0.3 is 10.8 Å². The lowest BCUT2D eigenvalue weighted by Gasteiger charge is -2.17. The predicted molar refractivity (Wildman–Crippen MR) is 77.4 cm³/mol. The molecule has 2 rings (SSSR count). The van der Waals surface area contributed by atoms with E-state index in [1.54, 1.807) is 30.3 Å². The lowest BCUT2D eigenvalue weighted by atomic mass is 10.1. The quantitative estimate of drug-likeness (QED) is 0.728. The van der Waals surface area contributed by atoms with Crippen molar-refractivity contribution in [3.8, 4) is 0 Å². The fourth-order valence-electron chi connectivity index (χ4n) is 1.89. The Balaban J connectivity index is 2.34. The number of nitrogens with two attached hydrogens (primary N) is 1. The monoisotopic (exact) mass is 310 g/mol. The highest BCUT2D eigenvalue weighted by atomic mass is 32.2. The molecule has 0 heterocycles. The predicted octanol–water partition coefficient (Wildman–Crippen LogP) is 1.42. The number of halogens is 1. The van der Waals surface area contributed by atoms with Gasteiger partial charge in [0.25, 0.3) is 0 Å². The van der Waals surface area contributed by atoms with Gasteiger partial charge in [-0.3, -0.25) is 0 Å². The molecule has 1 atom stereocenters. The molecule has 4 N–H and O–H groups in total. The summed E-state index contributed by atoms with van der Waals surface area (Å²) in [5.74, 6) is -0.704. The van der Waals surface area contributed by atoms with Crippen LogP contribution in [0.5, 0.6) is 0 Å². The summed E-state index contributed by atoms with van der Waals surface area (Å²) in [6, 6.07) is 10.9. The van der Waals surface area contributed by atoms with Gasteiger partial charge in [0.2, 0.25) is 10.0 Å². The van der Waals surface area contributed by atoms with Crippen molar-refractivity contribution >= 4 is 15.7 Å². The van der Waals surface area contributed by atoms with E-state index in [1.165, 1.54) is 6.07 Å². The van der Waals surface area contributed by atoms with E-state index in [0.717, 1.165) is 12.1 Å². The Bertz CT molecular complexity index is 720. The molecule has 0 radical (unpaired) electrons. The van der Waals surface area contributed by atoms with Crippen LogP contribution in [0.3, 0.4) is 0 Å². The van der Waals surface area contributed by atoms with Crippen LogP contribution in [0, 0.1) is 5.82 Å². The number of benzene rings is 2. The number of hydrogen-bond acceptors (Lipinski definition) is 4. The Morgan fingerprint density at radius 2 is 1.86 bits per heavy atom. The molecule has 21 heavy (non-hydrogen) atoms. The number of nitrogens with one attached hydrogen (secondary N) is 1. The van der Waals surface area contributed by atoms with Crippen LogP contribution in [0.4, 0.5) is 10.1 Å². The third-order valence-corrected chi connectivity index (χ3v) is 4.47. The molecule has 0 amide bonds. The molecular weight excluding hydrogens is 295 g/mol. The topological polar surface area (TPSA) is 92.4 Å². The fraction of sp³-hybridized carbons (Fsp3) is 0.143. The zero-order valence-corrected chi connectivity index (χ0v) is 11.8. The van der Waals surface area contributed by atoms with E-state index in [-0.39, 0.29) is 10.6 Å². The summed E-state index contributed by atoms with van der Waals surface area (Å²) in [6.45, 7) is -0.432. The number of sulfonamides is 1. The van der Waals surface area contributed by atoms with Crippen molar-refractivity contribution in [1.29, 1.82) is 0 Å². The number of rotatable bonds is 5. The van der Waals surface area contributed by atoms with Crippen molar-refractivity contribution in [3.05, 3.63) is 59.9 Å². The summed E-state index contributed by atoms with van der Waals surface area (Å²) in [5, 5.41) is 9.38. The average molecular weight is 310 g/mol. The number of hydrogen-bond donors (Lipinski definition) is 3. The maximum absolute atomic E-state index is 13.2. The van der Waals surface area contributed by atoms with Crippen LogP contribution in [0.25, 0.3) is 0 Å². The van der Waals surface area contributed by atoms with E-state index in [9.17, 15) is 17.9 Å². The molecule has 0 saturated heterocycles. The molecule has 0 aliphatic heterocycles. The van der Waals surface area contributed by atoms with Crippen LogP contribution in [0.1, 0.15) is 11.6 Å². The first-order valence-corrected chi connectivity index (χ1v) is 7.65. The van der Waals surface area contributed by atoms with Gasteiger partial charge in [-0.05, 0) is 23.8 Å². The van der Waals surface area contributed by atoms with Crippen LogP contribution < -0.4 is 10.5 Å². The number of aliphatic hydroxyl groups is 1. The number of anilines is 1. The van der Waals surface area contributed by atoms with Crippen molar-refractivity contribution in [2.75, 3.05) is 12.3 Å². The second-order valence-electron chi connectivity index (χ2n) is 4.45. The van der Waals surface area contributed by atoms with Gasteiger partial charge in [0.05, 0.1) is 18.3 Å². The van der Waals surface area contributed by atoms with Crippen LogP contribution in [-0.4, -0.2) is 20.1 Å². The minimum Gasteiger partial charge on any atom is -0.398 e. The van der Waals surface area contributed by atoms with Crippen LogP contribution in [-0.2, 0) is 10.0 Å². The number of aliphatic hydroxyl groups excluding tert-OH is 1. The summed E-state index contributed by atoms with van der Waals surface area (Å²) >= 11 is 0. The first-order chi connectivity index (χ1) is 9.94. The van der Waals surface area contributed by atoms with Gasteiger partial charge in [0.15, 0.2) is 0 Å². The van der Waals surface area contributed by atoms with Crippen molar-refractivity contribution in [3.63, 3.8) is 0 Å². The highest BCUT2D eigenvalue weighted by molar-refractivity contribution is 7.89. The first-order valence-electron chi connectivity index (χ1n) is 6.17. The summed E-state index contributed by atoms with van der Waals surface area (Å²) in [7, 11) is -4.05. The Morgan fingerprint density at radius 1 is 1.19 bits per heavy atom. The van der Waals surface area contributed by atoms with Gasteiger partial charge in [-0.25, -0.2) is 17.5 Å². The molecule has 0 unspecified atom stereocenters. The van der Waals surface area contributed by atoms with Crippen molar-refractivity contribution in [2.24, 2.45) is 0 Å². The van der Waals surface area contributed by atoms with Crippen molar-refractivity contribution in [1.82, 2.24) is 4.72 Å². The molecule has 2 aromatic rings. The SMILES string of the molecule is Nc1ccc(F)cc1S(=O)(=O)N[C@@H](CO)c1ccccc1. The molecular formula is C14H15FN2O3S.